The highest BCUT2D eigenvalue weighted by Crippen LogP contribution is 2.40. The van der Waals surface area contributed by atoms with E-state index in [9.17, 15) is 4.79 Å². The van der Waals surface area contributed by atoms with Crippen LogP contribution in [-0.2, 0) is 0 Å². The summed E-state index contributed by atoms with van der Waals surface area (Å²) in [6.45, 7) is 0.473. The summed E-state index contributed by atoms with van der Waals surface area (Å²) in [5.74, 6) is 3.52. The Morgan fingerprint density at radius 3 is 3.20 bits per heavy atom. The van der Waals surface area contributed by atoms with Crippen molar-refractivity contribution in [2.24, 2.45) is 0 Å². The van der Waals surface area contributed by atoms with Crippen molar-refractivity contribution < 1.29 is 9.32 Å². The van der Waals surface area contributed by atoms with Gasteiger partial charge in [0.1, 0.15) is 5.76 Å². The van der Waals surface area contributed by atoms with Gasteiger partial charge in [0, 0.05) is 24.9 Å². The fourth-order valence-corrected chi connectivity index (χ4v) is 1.30. The molecule has 2 rings (SSSR count). The molecule has 15 heavy (non-hydrogen) atoms. The largest absolute Gasteiger partial charge is 0.360 e. The summed E-state index contributed by atoms with van der Waals surface area (Å²) in [5.41, 5.74) is 0.342. The highest BCUT2D eigenvalue weighted by Gasteiger charge is 2.28. The Morgan fingerprint density at radius 1 is 1.73 bits per heavy atom. The summed E-state index contributed by atoms with van der Waals surface area (Å²) in [4.78, 5) is 11.5. The van der Waals surface area contributed by atoms with Gasteiger partial charge in [-0.2, -0.15) is 0 Å². The van der Waals surface area contributed by atoms with Crippen LogP contribution in [0.4, 0.5) is 0 Å². The van der Waals surface area contributed by atoms with Crippen LogP contribution in [0.2, 0.25) is 0 Å². The number of nitrogens with one attached hydrogen (secondary N) is 1. The predicted molar refractivity (Wildman–Crippen MR) is 54.3 cm³/mol. The average Bonchev–Trinajstić information content (AvgIpc) is 2.97. The van der Waals surface area contributed by atoms with Crippen molar-refractivity contribution in [3.05, 3.63) is 17.5 Å². The van der Waals surface area contributed by atoms with E-state index in [2.05, 4.69) is 16.4 Å². The molecule has 1 fully saturated rings. The van der Waals surface area contributed by atoms with Gasteiger partial charge >= 0.3 is 0 Å². The number of aromatic nitrogens is 1. The Labute approximate surface area is 88.0 Å². The lowest BCUT2D eigenvalue weighted by molar-refractivity contribution is 0.0945. The third kappa shape index (κ3) is 2.38. The van der Waals surface area contributed by atoms with Crippen LogP contribution in [0.25, 0.3) is 0 Å². The molecule has 4 nitrogen and oxygen atoms in total. The number of rotatable bonds is 4. The number of carbonyl (C=O) groups excluding carboxylic acids is 1. The van der Waals surface area contributed by atoms with Crippen LogP contribution < -0.4 is 5.32 Å². The summed E-state index contributed by atoms with van der Waals surface area (Å²) >= 11 is 0. The Bertz CT molecular complexity index is 399. The SMILES string of the molecule is C#CCCNC(=O)c1cc(C2CC2)on1. The Kier molecular flexibility index (Phi) is 2.72. The molecule has 1 amide bonds. The fraction of sp³-hybridized carbons (Fsp3) is 0.455. The second kappa shape index (κ2) is 4.18. The van der Waals surface area contributed by atoms with Gasteiger partial charge in [-0.3, -0.25) is 4.79 Å². The Morgan fingerprint density at radius 2 is 2.53 bits per heavy atom. The molecule has 0 aromatic carbocycles. The quantitative estimate of drug-likeness (QED) is 0.594. The molecule has 0 spiro atoms. The lowest BCUT2D eigenvalue weighted by Gasteiger charge is -1.97. The van der Waals surface area contributed by atoms with Crippen molar-refractivity contribution in [1.29, 1.82) is 0 Å². The van der Waals surface area contributed by atoms with Gasteiger partial charge in [0.05, 0.1) is 0 Å². The minimum Gasteiger partial charge on any atom is -0.360 e. The lowest BCUT2D eigenvalue weighted by Crippen LogP contribution is -2.24. The van der Waals surface area contributed by atoms with E-state index in [1.165, 1.54) is 0 Å². The molecule has 1 aliphatic rings. The van der Waals surface area contributed by atoms with Crippen molar-refractivity contribution in [2.45, 2.75) is 25.2 Å². The van der Waals surface area contributed by atoms with E-state index in [1.54, 1.807) is 6.07 Å². The molecule has 0 saturated heterocycles. The van der Waals surface area contributed by atoms with Crippen LogP contribution >= 0.6 is 0 Å². The standard InChI is InChI=1S/C11H12N2O2/c1-2-3-6-12-11(14)9-7-10(15-13-9)8-4-5-8/h1,7-8H,3-6H2,(H,12,14). The highest BCUT2D eigenvalue weighted by molar-refractivity contribution is 5.92. The third-order valence-electron chi connectivity index (χ3n) is 2.30. The van der Waals surface area contributed by atoms with Gasteiger partial charge in [-0.05, 0) is 12.8 Å². The van der Waals surface area contributed by atoms with Gasteiger partial charge in [0.25, 0.3) is 5.91 Å². The first kappa shape index (κ1) is 9.78. The summed E-state index contributed by atoms with van der Waals surface area (Å²) < 4.78 is 5.06. The van der Waals surface area contributed by atoms with Crippen molar-refractivity contribution >= 4 is 5.91 Å². The van der Waals surface area contributed by atoms with Gasteiger partial charge in [0.15, 0.2) is 5.69 Å². The van der Waals surface area contributed by atoms with Crippen LogP contribution in [0.15, 0.2) is 10.6 Å². The lowest BCUT2D eigenvalue weighted by atomic mass is 10.3. The molecule has 1 aromatic rings. The minimum absolute atomic E-state index is 0.221. The highest BCUT2D eigenvalue weighted by atomic mass is 16.5. The van der Waals surface area contributed by atoms with E-state index in [-0.39, 0.29) is 5.91 Å². The van der Waals surface area contributed by atoms with Gasteiger partial charge < -0.3 is 9.84 Å². The van der Waals surface area contributed by atoms with E-state index < -0.39 is 0 Å². The molecule has 78 valence electrons. The molecule has 1 N–H and O–H groups in total. The smallest absolute Gasteiger partial charge is 0.273 e. The van der Waals surface area contributed by atoms with Crippen LogP contribution in [0.5, 0.6) is 0 Å². The number of amides is 1. The summed E-state index contributed by atoms with van der Waals surface area (Å²) in [7, 11) is 0. The van der Waals surface area contributed by atoms with E-state index in [4.69, 9.17) is 10.9 Å². The van der Waals surface area contributed by atoms with Crippen LogP contribution in [-0.4, -0.2) is 17.6 Å². The Balaban J connectivity index is 1.90. The van der Waals surface area contributed by atoms with E-state index in [1.807, 2.05) is 0 Å². The monoisotopic (exact) mass is 204 g/mol. The summed E-state index contributed by atoms with van der Waals surface area (Å²) in [6, 6.07) is 1.71. The van der Waals surface area contributed by atoms with Crippen LogP contribution in [0.1, 0.15) is 41.4 Å². The maximum absolute atomic E-state index is 11.5. The number of hydrogen-bond donors (Lipinski definition) is 1. The van der Waals surface area contributed by atoms with Crippen molar-refractivity contribution in [3.63, 3.8) is 0 Å². The fourth-order valence-electron chi connectivity index (χ4n) is 1.30. The molecule has 1 aliphatic carbocycles. The average molecular weight is 204 g/mol. The molecule has 4 heteroatoms. The Hall–Kier alpha value is -1.76. The molecule has 1 saturated carbocycles. The molecule has 0 aliphatic heterocycles. The molecule has 1 aromatic heterocycles. The van der Waals surface area contributed by atoms with Gasteiger partial charge in [-0.15, -0.1) is 12.3 Å². The van der Waals surface area contributed by atoms with Gasteiger partial charge in [-0.1, -0.05) is 5.16 Å². The maximum atomic E-state index is 11.5. The molecular weight excluding hydrogens is 192 g/mol. The first-order chi connectivity index (χ1) is 7.31. The topological polar surface area (TPSA) is 55.1 Å². The predicted octanol–water partition coefficient (Wildman–Crippen LogP) is 1.31. The molecule has 0 unspecified atom stereocenters. The van der Waals surface area contributed by atoms with E-state index in [0.29, 0.717) is 24.6 Å². The van der Waals surface area contributed by atoms with Crippen LogP contribution in [0.3, 0.4) is 0 Å². The molecule has 0 atom stereocenters. The van der Waals surface area contributed by atoms with Gasteiger partial charge in [0.2, 0.25) is 0 Å². The van der Waals surface area contributed by atoms with E-state index >= 15 is 0 Å². The summed E-state index contributed by atoms with van der Waals surface area (Å²) in [6.07, 6.45) is 7.86. The van der Waals surface area contributed by atoms with Crippen LogP contribution in [0, 0.1) is 12.3 Å². The number of terminal acetylenes is 1. The van der Waals surface area contributed by atoms with Crippen molar-refractivity contribution in [1.82, 2.24) is 10.5 Å². The van der Waals surface area contributed by atoms with Gasteiger partial charge in [-0.25, -0.2) is 0 Å². The normalized spacial score (nSPS) is 14.6. The second-order valence-corrected chi connectivity index (χ2v) is 3.60. The second-order valence-electron chi connectivity index (χ2n) is 3.60. The van der Waals surface area contributed by atoms with Crippen molar-refractivity contribution in [2.75, 3.05) is 6.54 Å². The van der Waals surface area contributed by atoms with Crippen molar-refractivity contribution in [3.8, 4) is 12.3 Å². The minimum atomic E-state index is -0.221. The summed E-state index contributed by atoms with van der Waals surface area (Å²) in [5, 5.41) is 6.39. The number of carbonyl (C=O) groups is 1. The van der Waals surface area contributed by atoms with E-state index in [0.717, 1.165) is 18.6 Å². The zero-order valence-electron chi connectivity index (χ0n) is 8.32. The molecular formula is C11H12N2O2. The zero-order chi connectivity index (χ0) is 10.7. The number of nitrogens with zero attached hydrogens (tertiary/aromatic N) is 1. The first-order valence-electron chi connectivity index (χ1n) is 4.99. The maximum Gasteiger partial charge on any atom is 0.273 e. The number of hydrogen-bond acceptors (Lipinski definition) is 3. The molecule has 1 heterocycles. The third-order valence-corrected chi connectivity index (χ3v) is 2.30. The first-order valence-corrected chi connectivity index (χ1v) is 4.99. The molecule has 0 bridgehead atoms. The molecule has 0 radical (unpaired) electrons. The zero-order valence-corrected chi connectivity index (χ0v) is 8.32.